The smallest absolute Gasteiger partial charge is 0.191 e. The van der Waals surface area contributed by atoms with E-state index in [1.54, 1.807) is 7.05 Å². The van der Waals surface area contributed by atoms with Crippen LogP contribution in [0.2, 0.25) is 0 Å². The molecular formula is C21H35IN4O3. The first kappa shape index (κ1) is 24.2. The average Bonchev–Trinajstić information content (AvgIpc) is 3.16. The maximum atomic E-state index is 6.06. The molecule has 1 aromatic rings. The van der Waals surface area contributed by atoms with Gasteiger partial charge >= 0.3 is 0 Å². The average molecular weight is 518 g/mol. The number of halogens is 1. The van der Waals surface area contributed by atoms with Crippen LogP contribution >= 0.6 is 24.0 Å². The van der Waals surface area contributed by atoms with Gasteiger partial charge in [0.25, 0.3) is 0 Å². The summed E-state index contributed by atoms with van der Waals surface area (Å²) >= 11 is 0. The van der Waals surface area contributed by atoms with Gasteiger partial charge in [0, 0.05) is 51.9 Å². The minimum atomic E-state index is -0.0991. The molecule has 1 atom stereocenters. The predicted molar refractivity (Wildman–Crippen MR) is 126 cm³/mol. The monoisotopic (exact) mass is 518 g/mol. The van der Waals surface area contributed by atoms with Crippen LogP contribution in [-0.4, -0.2) is 76.1 Å². The molecule has 0 aromatic heterocycles. The van der Waals surface area contributed by atoms with Crippen molar-refractivity contribution in [2.75, 3.05) is 59.7 Å². The lowest BCUT2D eigenvalue weighted by atomic mass is 10.0. The number of hydrogen-bond donors (Lipinski definition) is 2. The molecule has 1 unspecified atom stereocenters. The van der Waals surface area contributed by atoms with E-state index < -0.39 is 0 Å². The molecular weight excluding hydrogens is 483 g/mol. The van der Waals surface area contributed by atoms with E-state index in [1.807, 2.05) is 18.2 Å². The Morgan fingerprint density at radius 1 is 1.21 bits per heavy atom. The molecule has 0 aliphatic carbocycles. The molecule has 8 heteroatoms. The lowest BCUT2D eigenvalue weighted by molar-refractivity contribution is 0.0242. The molecule has 3 rings (SSSR count). The fraction of sp³-hybridized carbons (Fsp3) is 0.667. The molecule has 2 saturated heterocycles. The number of para-hydroxylation sites is 1. The van der Waals surface area contributed by atoms with E-state index in [0.29, 0.717) is 13.2 Å². The van der Waals surface area contributed by atoms with Gasteiger partial charge in [-0.1, -0.05) is 18.2 Å². The minimum absolute atomic E-state index is 0. The summed E-state index contributed by atoms with van der Waals surface area (Å²) in [7, 11) is 1.79. The fourth-order valence-electron chi connectivity index (χ4n) is 3.55. The van der Waals surface area contributed by atoms with Crippen LogP contribution in [0.5, 0.6) is 5.75 Å². The maximum Gasteiger partial charge on any atom is 0.191 e. The van der Waals surface area contributed by atoms with Crippen LogP contribution in [0.3, 0.4) is 0 Å². The second-order valence-corrected chi connectivity index (χ2v) is 7.59. The fourth-order valence-corrected chi connectivity index (χ4v) is 3.55. The van der Waals surface area contributed by atoms with Crippen molar-refractivity contribution in [2.24, 2.45) is 4.99 Å². The summed E-state index contributed by atoms with van der Waals surface area (Å²) in [6.07, 6.45) is 2.20. The van der Waals surface area contributed by atoms with E-state index in [0.717, 1.165) is 76.1 Å². The zero-order valence-electron chi connectivity index (χ0n) is 17.6. The van der Waals surface area contributed by atoms with Crippen molar-refractivity contribution in [3.63, 3.8) is 0 Å². The number of morpholine rings is 1. The van der Waals surface area contributed by atoms with Gasteiger partial charge in [0.05, 0.1) is 18.8 Å². The number of ether oxygens (including phenoxy) is 3. The number of benzene rings is 1. The first-order valence-electron chi connectivity index (χ1n) is 10.3. The highest BCUT2D eigenvalue weighted by molar-refractivity contribution is 14.0. The van der Waals surface area contributed by atoms with E-state index in [9.17, 15) is 0 Å². The van der Waals surface area contributed by atoms with Gasteiger partial charge in [-0.15, -0.1) is 24.0 Å². The van der Waals surface area contributed by atoms with Gasteiger partial charge in [-0.25, -0.2) is 0 Å². The Labute approximate surface area is 191 Å². The van der Waals surface area contributed by atoms with Gasteiger partial charge in [-0.3, -0.25) is 9.89 Å². The van der Waals surface area contributed by atoms with Gasteiger partial charge in [-0.05, 0) is 25.8 Å². The summed E-state index contributed by atoms with van der Waals surface area (Å²) in [5.41, 5.74) is 1.02. The van der Waals surface area contributed by atoms with Crippen LogP contribution in [0.25, 0.3) is 0 Å². The number of aliphatic imine (C=N–C) groups is 1. The number of rotatable bonds is 8. The Balaban J connectivity index is 0.00000300. The van der Waals surface area contributed by atoms with Crippen LogP contribution in [0.4, 0.5) is 0 Å². The molecule has 7 nitrogen and oxygen atoms in total. The van der Waals surface area contributed by atoms with Crippen molar-refractivity contribution in [3.8, 4) is 5.75 Å². The Bertz CT molecular complexity index is 632. The van der Waals surface area contributed by atoms with Crippen LogP contribution < -0.4 is 15.4 Å². The van der Waals surface area contributed by atoms with Crippen molar-refractivity contribution in [1.29, 1.82) is 0 Å². The highest BCUT2D eigenvalue weighted by atomic mass is 127. The van der Waals surface area contributed by atoms with Crippen molar-refractivity contribution < 1.29 is 14.2 Å². The van der Waals surface area contributed by atoms with Crippen molar-refractivity contribution >= 4 is 29.9 Å². The molecule has 2 aliphatic rings. The Hall–Kier alpha value is -1.10. The highest BCUT2D eigenvalue weighted by Crippen LogP contribution is 2.23. The minimum Gasteiger partial charge on any atom is -0.492 e. The molecule has 2 fully saturated rings. The molecule has 164 valence electrons. The van der Waals surface area contributed by atoms with E-state index in [-0.39, 0.29) is 29.6 Å². The van der Waals surface area contributed by atoms with Crippen molar-refractivity contribution in [2.45, 2.75) is 31.9 Å². The summed E-state index contributed by atoms with van der Waals surface area (Å²) in [6, 6.07) is 8.17. The van der Waals surface area contributed by atoms with Gasteiger partial charge in [0.15, 0.2) is 5.96 Å². The SMILES string of the molecule is CN=C(NCc1ccccc1OCCN1CCOCC1)NCC1(C)CCCO1.I. The molecule has 1 aromatic carbocycles. The third kappa shape index (κ3) is 7.92. The standard InChI is InChI=1S/C21H34N4O3.HI/c1-21(8-5-12-28-21)17-24-20(22-2)23-16-18-6-3-4-7-19(18)27-15-11-25-9-13-26-14-10-25;/h3-4,6-7H,5,8-17H2,1-2H3,(H2,22,23,24);1H. The van der Waals surface area contributed by atoms with Gasteiger partial charge in [-0.2, -0.15) is 0 Å². The second-order valence-electron chi connectivity index (χ2n) is 7.59. The summed E-state index contributed by atoms with van der Waals surface area (Å²) in [5, 5.41) is 6.77. The molecule has 0 spiro atoms. The molecule has 29 heavy (non-hydrogen) atoms. The molecule has 0 saturated carbocycles. The highest BCUT2D eigenvalue weighted by Gasteiger charge is 2.29. The van der Waals surface area contributed by atoms with Gasteiger partial charge < -0.3 is 24.8 Å². The first-order valence-corrected chi connectivity index (χ1v) is 10.3. The van der Waals surface area contributed by atoms with Gasteiger partial charge in [0.1, 0.15) is 12.4 Å². The lowest BCUT2D eigenvalue weighted by Crippen LogP contribution is -2.45. The molecule has 0 bridgehead atoms. The van der Waals surface area contributed by atoms with E-state index in [2.05, 4.69) is 33.5 Å². The second kappa shape index (κ2) is 12.6. The summed E-state index contributed by atoms with van der Waals surface area (Å²) in [4.78, 5) is 6.70. The number of hydrogen-bond acceptors (Lipinski definition) is 5. The Morgan fingerprint density at radius 3 is 2.72 bits per heavy atom. The lowest BCUT2D eigenvalue weighted by Gasteiger charge is -2.26. The normalized spacial score (nSPS) is 22.8. The molecule has 2 heterocycles. The largest absolute Gasteiger partial charge is 0.492 e. The van der Waals surface area contributed by atoms with Crippen molar-refractivity contribution in [1.82, 2.24) is 15.5 Å². The zero-order valence-corrected chi connectivity index (χ0v) is 19.9. The third-order valence-corrected chi connectivity index (χ3v) is 5.34. The van der Waals surface area contributed by atoms with E-state index >= 15 is 0 Å². The summed E-state index contributed by atoms with van der Waals surface area (Å²) in [5.74, 6) is 1.70. The van der Waals surface area contributed by atoms with Crippen LogP contribution in [-0.2, 0) is 16.0 Å². The van der Waals surface area contributed by atoms with Crippen LogP contribution in [0, 0.1) is 0 Å². The van der Waals surface area contributed by atoms with Gasteiger partial charge in [0.2, 0.25) is 0 Å². The van der Waals surface area contributed by atoms with Crippen LogP contribution in [0.15, 0.2) is 29.3 Å². The number of guanidine groups is 1. The zero-order chi connectivity index (χ0) is 19.7. The molecule has 2 aliphatic heterocycles. The topological polar surface area (TPSA) is 67.4 Å². The predicted octanol–water partition coefficient (Wildman–Crippen LogP) is 2.25. The van der Waals surface area contributed by atoms with E-state index in [1.165, 1.54) is 0 Å². The first-order chi connectivity index (χ1) is 13.7. The molecule has 2 N–H and O–H groups in total. The Morgan fingerprint density at radius 2 is 2.00 bits per heavy atom. The maximum absolute atomic E-state index is 6.06. The van der Waals surface area contributed by atoms with Crippen molar-refractivity contribution in [3.05, 3.63) is 29.8 Å². The number of nitrogens with one attached hydrogen (secondary N) is 2. The third-order valence-electron chi connectivity index (χ3n) is 5.34. The Kier molecular flexibility index (Phi) is 10.5. The summed E-state index contributed by atoms with van der Waals surface area (Å²) < 4.78 is 17.3. The van der Waals surface area contributed by atoms with Crippen LogP contribution in [0.1, 0.15) is 25.3 Å². The summed E-state index contributed by atoms with van der Waals surface area (Å²) in [6.45, 7) is 9.61. The molecule has 0 radical (unpaired) electrons. The quantitative estimate of drug-likeness (QED) is 0.313. The molecule has 0 amide bonds. The van der Waals surface area contributed by atoms with E-state index in [4.69, 9.17) is 14.2 Å². The number of nitrogens with zero attached hydrogens (tertiary/aromatic N) is 2.